The summed E-state index contributed by atoms with van der Waals surface area (Å²) < 4.78 is 0. The van der Waals surface area contributed by atoms with Gasteiger partial charge in [-0.1, -0.05) is 6.07 Å². The molecule has 0 aliphatic heterocycles. The molecule has 1 aromatic rings. The maximum atomic E-state index is 11.5. The molecule has 0 atom stereocenters. The minimum Gasteiger partial charge on any atom is -0.480 e. The molecule has 0 saturated carbocycles. The van der Waals surface area contributed by atoms with Gasteiger partial charge in [0.15, 0.2) is 0 Å². The van der Waals surface area contributed by atoms with Crippen LogP contribution in [-0.4, -0.2) is 44.3 Å². The molecule has 0 saturated heterocycles. The molecule has 0 radical (unpaired) electrons. The summed E-state index contributed by atoms with van der Waals surface area (Å²) in [6, 6.07) is 3.69. The smallest absolute Gasteiger partial charge is 0.335 e. The van der Waals surface area contributed by atoms with Crippen LogP contribution in [0.3, 0.4) is 0 Å². The van der Waals surface area contributed by atoms with Crippen LogP contribution in [0.2, 0.25) is 0 Å². The maximum absolute atomic E-state index is 11.5. The summed E-state index contributed by atoms with van der Waals surface area (Å²) in [4.78, 5) is 45.1. The Morgan fingerprint density at radius 1 is 0.909 bits per heavy atom. The second kappa shape index (κ2) is 4.99. The van der Waals surface area contributed by atoms with Crippen LogP contribution in [0.15, 0.2) is 23.8 Å². The molecule has 0 bridgehead atoms. The number of rotatable bonds is 4. The van der Waals surface area contributed by atoms with E-state index in [-0.39, 0.29) is 16.7 Å². The number of fused-ring (bicyclic) bond motifs is 1. The molecule has 114 valence electrons. The van der Waals surface area contributed by atoms with Crippen molar-refractivity contribution in [2.45, 2.75) is 6.42 Å². The van der Waals surface area contributed by atoms with Crippen molar-refractivity contribution in [3.8, 4) is 0 Å². The predicted molar refractivity (Wildman–Crippen MR) is 70.4 cm³/mol. The summed E-state index contributed by atoms with van der Waals surface area (Å²) in [6.07, 6.45) is 0.307. The SMILES string of the molecule is O=C(O)C1=Cc2ccc(C(=O)O)cc2CC1(C(=O)O)C(=O)O. The molecule has 0 unspecified atom stereocenters. The van der Waals surface area contributed by atoms with Crippen LogP contribution < -0.4 is 0 Å². The lowest BCUT2D eigenvalue weighted by atomic mass is 9.70. The van der Waals surface area contributed by atoms with E-state index in [1.54, 1.807) is 0 Å². The molecule has 0 heterocycles. The highest BCUT2D eigenvalue weighted by molar-refractivity contribution is 6.13. The molecule has 0 fully saturated rings. The third-order valence-corrected chi connectivity index (χ3v) is 3.57. The Labute approximate surface area is 122 Å². The second-order valence-corrected chi connectivity index (χ2v) is 4.77. The maximum Gasteiger partial charge on any atom is 0.335 e. The van der Waals surface area contributed by atoms with E-state index in [1.165, 1.54) is 12.1 Å². The summed E-state index contributed by atoms with van der Waals surface area (Å²) >= 11 is 0. The molecule has 8 heteroatoms. The molecule has 0 amide bonds. The van der Waals surface area contributed by atoms with Crippen molar-refractivity contribution in [2.75, 3.05) is 0 Å². The fourth-order valence-electron chi connectivity index (χ4n) is 2.41. The zero-order valence-electron chi connectivity index (χ0n) is 10.9. The van der Waals surface area contributed by atoms with Crippen LogP contribution in [0.4, 0.5) is 0 Å². The first-order valence-corrected chi connectivity index (χ1v) is 5.98. The van der Waals surface area contributed by atoms with Crippen molar-refractivity contribution in [2.24, 2.45) is 5.41 Å². The molecule has 1 aliphatic carbocycles. The Hall–Kier alpha value is -3.16. The fraction of sp³-hybridized carbons (Fsp3) is 0.143. The van der Waals surface area contributed by atoms with Gasteiger partial charge in [0.25, 0.3) is 0 Å². The van der Waals surface area contributed by atoms with Gasteiger partial charge < -0.3 is 20.4 Å². The highest BCUT2D eigenvalue weighted by atomic mass is 16.4. The topological polar surface area (TPSA) is 149 Å². The Morgan fingerprint density at radius 3 is 1.95 bits per heavy atom. The van der Waals surface area contributed by atoms with Gasteiger partial charge in [0.1, 0.15) is 0 Å². The molecule has 1 aliphatic rings. The Balaban J connectivity index is 2.74. The minimum atomic E-state index is -2.66. The van der Waals surface area contributed by atoms with Gasteiger partial charge in [0.05, 0.1) is 11.1 Å². The van der Waals surface area contributed by atoms with Crippen LogP contribution >= 0.6 is 0 Å². The molecule has 2 rings (SSSR count). The molecule has 22 heavy (non-hydrogen) atoms. The highest BCUT2D eigenvalue weighted by Gasteiger charge is 2.54. The van der Waals surface area contributed by atoms with Crippen molar-refractivity contribution in [3.05, 3.63) is 40.5 Å². The average molecular weight is 306 g/mol. The Morgan fingerprint density at radius 2 is 1.50 bits per heavy atom. The number of aromatic carboxylic acids is 1. The minimum absolute atomic E-state index is 0.143. The highest BCUT2D eigenvalue weighted by Crippen LogP contribution is 2.40. The molecule has 4 N–H and O–H groups in total. The number of hydrogen-bond donors (Lipinski definition) is 4. The van der Waals surface area contributed by atoms with Crippen LogP contribution in [0, 0.1) is 5.41 Å². The number of benzene rings is 1. The zero-order valence-corrected chi connectivity index (χ0v) is 10.9. The van der Waals surface area contributed by atoms with Crippen LogP contribution in [-0.2, 0) is 20.8 Å². The zero-order chi connectivity index (χ0) is 16.7. The average Bonchev–Trinajstić information content (AvgIpc) is 2.44. The van der Waals surface area contributed by atoms with Crippen molar-refractivity contribution < 1.29 is 39.6 Å². The van der Waals surface area contributed by atoms with E-state index in [4.69, 9.17) is 10.2 Å². The quantitative estimate of drug-likeness (QED) is 0.589. The van der Waals surface area contributed by atoms with Crippen LogP contribution in [0.1, 0.15) is 21.5 Å². The van der Waals surface area contributed by atoms with Crippen LogP contribution in [0.25, 0.3) is 6.08 Å². The van der Waals surface area contributed by atoms with Gasteiger partial charge in [-0.25, -0.2) is 9.59 Å². The van der Waals surface area contributed by atoms with E-state index in [1.807, 2.05) is 0 Å². The van der Waals surface area contributed by atoms with Crippen molar-refractivity contribution in [1.29, 1.82) is 0 Å². The summed E-state index contributed by atoms with van der Waals surface area (Å²) in [5, 5.41) is 36.6. The van der Waals surface area contributed by atoms with Crippen molar-refractivity contribution in [3.63, 3.8) is 0 Å². The van der Waals surface area contributed by atoms with E-state index in [0.717, 1.165) is 12.1 Å². The normalized spacial score (nSPS) is 15.4. The van der Waals surface area contributed by atoms with Crippen LogP contribution in [0.5, 0.6) is 0 Å². The molecular formula is C14H10O8. The first-order chi connectivity index (χ1) is 10.2. The number of carboxylic acid groups (broad SMARTS) is 4. The summed E-state index contributed by atoms with van der Waals surface area (Å²) in [5.41, 5.74) is -3.15. The van der Waals surface area contributed by atoms with E-state index >= 15 is 0 Å². The van der Waals surface area contributed by atoms with Gasteiger partial charge in [-0.2, -0.15) is 0 Å². The molecule has 0 aromatic heterocycles. The van der Waals surface area contributed by atoms with Gasteiger partial charge in [0, 0.05) is 6.42 Å². The summed E-state index contributed by atoms with van der Waals surface area (Å²) in [5.74, 6) is -6.55. The third kappa shape index (κ3) is 2.10. The number of hydrogen-bond acceptors (Lipinski definition) is 4. The van der Waals surface area contributed by atoms with Gasteiger partial charge >= 0.3 is 23.9 Å². The summed E-state index contributed by atoms with van der Waals surface area (Å²) in [7, 11) is 0. The van der Waals surface area contributed by atoms with Crippen molar-refractivity contribution in [1.82, 2.24) is 0 Å². The van der Waals surface area contributed by atoms with Crippen molar-refractivity contribution >= 4 is 30.0 Å². The van der Waals surface area contributed by atoms with Gasteiger partial charge in [-0.05, 0) is 29.3 Å². The fourth-order valence-corrected chi connectivity index (χ4v) is 2.41. The van der Waals surface area contributed by atoms with Gasteiger partial charge in [-0.3, -0.25) is 9.59 Å². The van der Waals surface area contributed by atoms with Gasteiger partial charge in [-0.15, -0.1) is 0 Å². The van der Waals surface area contributed by atoms with E-state index in [0.29, 0.717) is 0 Å². The largest absolute Gasteiger partial charge is 0.480 e. The number of carboxylic acids is 4. The first-order valence-electron chi connectivity index (χ1n) is 5.98. The molecular weight excluding hydrogens is 296 g/mol. The molecule has 0 spiro atoms. The molecule has 8 nitrogen and oxygen atoms in total. The monoisotopic (exact) mass is 306 g/mol. The lowest BCUT2D eigenvalue weighted by molar-refractivity contribution is -0.164. The second-order valence-electron chi connectivity index (χ2n) is 4.77. The molecule has 1 aromatic carbocycles. The Kier molecular flexibility index (Phi) is 3.46. The van der Waals surface area contributed by atoms with E-state index < -0.39 is 41.3 Å². The standard InChI is InChI=1S/C14H10O8/c15-10(16)7-2-1-6-4-9(11(17)18)14(12(19)20,13(21)22)5-8(6)3-7/h1-4H,5H2,(H,15,16)(H,17,18)(H,19,20)(H,21,22). The van der Waals surface area contributed by atoms with Gasteiger partial charge in [0.2, 0.25) is 5.41 Å². The predicted octanol–water partition coefficient (Wildman–Crippen LogP) is 0.565. The number of aliphatic carboxylic acids is 3. The lowest BCUT2D eigenvalue weighted by Crippen LogP contribution is -2.46. The van der Waals surface area contributed by atoms with E-state index in [2.05, 4.69) is 0 Å². The third-order valence-electron chi connectivity index (χ3n) is 3.57. The first kappa shape index (κ1) is 15.2. The van der Waals surface area contributed by atoms with E-state index in [9.17, 15) is 29.4 Å². The Bertz CT molecular complexity index is 729. The lowest BCUT2D eigenvalue weighted by Gasteiger charge is -2.30. The number of carbonyl (C=O) groups is 4. The summed E-state index contributed by atoms with van der Waals surface area (Å²) in [6.45, 7) is 0.